The van der Waals surface area contributed by atoms with Crippen molar-refractivity contribution < 1.29 is 26.4 Å². The lowest BCUT2D eigenvalue weighted by Gasteiger charge is -2.23. The van der Waals surface area contributed by atoms with Gasteiger partial charge in [-0.3, -0.25) is 4.79 Å². The minimum Gasteiger partial charge on any atom is -0.350 e. The minimum atomic E-state index is -4.65. The van der Waals surface area contributed by atoms with Crippen LogP contribution in [0.4, 0.5) is 13.2 Å². The predicted molar refractivity (Wildman–Crippen MR) is 79.2 cm³/mol. The number of halogens is 3. The van der Waals surface area contributed by atoms with E-state index in [1.54, 1.807) is 20.8 Å². The van der Waals surface area contributed by atoms with Crippen LogP contribution in [0.2, 0.25) is 0 Å². The summed E-state index contributed by atoms with van der Waals surface area (Å²) >= 11 is 0. The molecule has 0 aliphatic heterocycles. The van der Waals surface area contributed by atoms with E-state index in [-0.39, 0.29) is 0 Å². The second-order valence-corrected chi connectivity index (χ2v) is 8.13. The van der Waals surface area contributed by atoms with E-state index in [4.69, 9.17) is 0 Å². The van der Waals surface area contributed by atoms with Crippen molar-refractivity contribution >= 4 is 15.9 Å². The van der Waals surface area contributed by atoms with Crippen LogP contribution < -0.4 is 5.32 Å². The number of likely N-dealkylation sites (N-methyl/N-ethyl adjacent to an activating group) is 1. The van der Waals surface area contributed by atoms with Crippen molar-refractivity contribution in [1.82, 2.24) is 9.62 Å². The summed E-state index contributed by atoms with van der Waals surface area (Å²) in [4.78, 5) is 11.3. The molecule has 0 heterocycles. The van der Waals surface area contributed by atoms with Gasteiger partial charge in [0.05, 0.1) is 17.0 Å². The van der Waals surface area contributed by atoms with Crippen molar-refractivity contribution in [3.63, 3.8) is 0 Å². The molecule has 0 saturated heterocycles. The van der Waals surface area contributed by atoms with Gasteiger partial charge in [-0.05, 0) is 39.0 Å². The van der Waals surface area contributed by atoms with Crippen LogP contribution in [-0.4, -0.2) is 37.8 Å². The number of carbonyl (C=O) groups excluding carboxylic acids is 1. The fraction of sp³-hybridized carbons (Fsp3) is 0.500. The third-order valence-corrected chi connectivity index (χ3v) is 4.55. The van der Waals surface area contributed by atoms with E-state index >= 15 is 0 Å². The van der Waals surface area contributed by atoms with Gasteiger partial charge in [-0.1, -0.05) is 6.07 Å². The molecule has 1 aromatic rings. The molecule has 0 aromatic heterocycles. The molecule has 1 amide bonds. The Hall–Kier alpha value is -1.61. The van der Waals surface area contributed by atoms with Crippen LogP contribution in [-0.2, 0) is 21.0 Å². The van der Waals surface area contributed by atoms with E-state index in [9.17, 15) is 26.4 Å². The Bertz CT molecular complexity index is 679. The lowest BCUT2D eigenvalue weighted by molar-refractivity contribution is -0.137. The molecule has 1 aromatic carbocycles. The van der Waals surface area contributed by atoms with Crippen molar-refractivity contribution in [3.8, 4) is 0 Å². The van der Waals surface area contributed by atoms with Crippen molar-refractivity contribution in [2.75, 3.05) is 13.6 Å². The number of hydrogen-bond donors (Lipinski definition) is 1. The maximum Gasteiger partial charge on any atom is 0.416 e. The summed E-state index contributed by atoms with van der Waals surface area (Å²) < 4.78 is 63.3. The average Bonchev–Trinajstić information content (AvgIpc) is 2.35. The molecule has 0 fully saturated rings. The normalized spacial score (nSPS) is 13.2. The first-order valence-electron chi connectivity index (χ1n) is 6.68. The standard InChI is InChI=1S/C14H19F3N2O3S/c1-13(2,3)18-12(20)9-19(4)23(21,22)11-7-5-6-10(8-11)14(15,16)17/h5-8H,9H2,1-4H3,(H,18,20). The maximum atomic E-state index is 12.7. The van der Waals surface area contributed by atoms with Gasteiger partial charge in [0.1, 0.15) is 0 Å². The SMILES string of the molecule is CN(CC(=O)NC(C)(C)C)S(=O)(=O)c1cccc(C(F)(F)F)c1. The number of hydrogen-bond acceptors (Lipinski definition) is 3. The number of amides is 1. The predicted octanol–water partition coefficient (Wildman–Crippen LogP) is 2.24. The van der Waals surface area contributed by atoms with Crippen molar-refractivity contribution in [2.24, 2.45) is 0 Å². The third kappa shape index (κ3) is 5.51. The first-order valence-corrected chi connectivity index (χ1v) is 8.12. The quantitative estimate of drug-likeness (QED) is 0.904. The molecule has 0 saturated carbocycles. The van der Waals surface area contributed by atoms with Gasteiger partial charge in [0.25, 0.3) is 0 Å². The van der Waals surface area contributed by atoms with Gasteiger partial charge in [0.2, 0.25) is 15.9 Å². The summed E-state index contributed by atoms with van der Waals surface area (Å²) in [5.41, 5.74) is -1.61. The highest BCUT2D eigenvalue weighted by Crippen LogP contribution is 2.30. The van der Waals surface area contributed by atoms with E-state index in [0.29, 0.717) is 10.4 Å². The zero-order chi connectivity index (χ0) is 18.1. The van der Waals surface area contributed by atoms with Gasteiger partial charge in [0, 0.05) is 12.6 Å². The summed E-state index contributed by atoms with van der Waals surface area (Å²) in [6.45, 7) is 4.69. The lowest BCUT2D eigenvalue weighted by Crippen LogP contribution is -2.46. The first kappa shape index (κ1) is 19.4. The Labute approximate surface area is 133 Å². The number of benzene rings is 1. The average molecular weight is 352 g/mol. The van der Waals surface area contributed by atoms with Crippen LogP contribution >= 0.6 is 0 Å². The highest BCUT2D eigenvalue weighted by Gasteiger charge is 2.32. The van der Waals surface area contributed by atoms with Crippen LogP contribution in [0.25, 0.3) is 0 Å². The lowest BCUT2D eigenvalue weighted by atomic mass is 10.1. The highest BCUT2D eigenvalue weighted by atomic mass is 32.2. The van der Waals surface area contributed by atoms with Gasteiger partial charge < -0.3 is 5.32 Å². The van der Waals surface area contributed by atoms with E-state index < -0.39 is 44.6 Å². The molecule has 0 radical (unpaired) electrons. The summed E-state index contributed by atoms with van der Waals surface area (Å²) in [6.07, 6.45) is -4.65. The van der Waals surface area contributed by atoms with Crippen LogP contribution in [0.1, 0.15) is 26.3 Å². The fourth-order valence-corrected chi connectivity index (χ4v) is 2.93. The largest absolute Gasteiger partial charge is 0.416 e. The van der Waals surface area contributed by atoms with Gasteiger partial charge in [0.15, 0.2) is 0 Å². The smallest absolute Gasteiger partial charge is 0.350 e. The monoisotopic (exact) mass is 352 g/mol. The Morgan fingerprint density at radius 3 is 2.26 bits per heavy atom. The molecule has 0 unspecified atom stereocenters. The van der Waals surface area contributed by atoms with Crippen LogP contribution in [0, 0.1) is 0 Å². The number of rotatable bonds is 4. The van der Waals surface area contributed by atoms with E-state index in [1.165, 1.54) is 0 Å². The zero-order valence-corrected chi connectivity index (χ0v) is 14.0. The van der Waals surface area contributed by atoms with Crippen molar-refractivity contribution in [2.45, 2.75) is 37.4 Å². The molecule has 9 heteroatoms. The second-order valence-electron chi connectivity index (χ2n) is 6.08. The molecule has 130 valence electrons. The third-order valence-electron chi connectivity index (χ3n) is 2.75. The highest BCUT2D eigenvalue weighted by molar-refractivity contribution is 7.89. The number of carbonyl (C=O) groups is 1. The molecule has 5 nitrogen and oxygen atoms in total. The number of sulfonamides is 1. The maximum absolute atomic E-state index is 12.7. The molecule has 0 spiro atoms. The molecule has 0 atom stereocenters. The van der Waals surface area contributed by atoms with E-state index in [0.717, 1.165) is 25.2 Å². The second kappa shape index (κ2) is 6.48. The van der Waals surface area contributed by atoms with Crippen LogP contribution in [0.5, 0.6) is 0 Å². The van der Waals surface area contributed by atoms with Gasteiger partial charge in [-0.2, -0.15) is 17.5 Å². The topological polar surface area (TPSA) is 66.5 Å². The van der Waals surface area contributed by atoms with Crippen molar-refractivity contribution in [3.05, 3.63) is 29.8 Å². The Morgan fingerprint density at radius 2 is 1.78 bits per heavy atom. The number of alkyl halides is 3. The van der Waals surface area contributed by atoms with Crippen molar-refractivity contribution in [1.29, 1.82) is 0 Å². The molecule has 1 rings (SSSR count). The molecule has 1 N–H and O–H groups in total. The number of nitrogens with one attached hydrogen (secondary N) is 1. The van der Waals surface area contributed by atoms with Crippen LogP contribution in [0.15, 0.2) is 29.2 Å². The molecule has 0 aliphatic carbocycles. The minimum absolute atomic E-state index is 0.490. The molecular formula is C14H19F3N2O3S. The molecular weight excluding hydrogens is 333 g/mol. The number of nitrogens with zero attached hydrogens (tertiary/aromatic N) is 1. The van der Waals surface area contributed by atoms with Gasteiger partial charge >= 0.3 is 6.18 Å². The van der Waals surface area contributed by atoms with Crippen LogP contribution in [0.3, 0.4) is 0 Å². The summed E-state index contributed by atoms with van der Waals surface area (Å²) in [7, 11) is -3.06. The zero-order valence-electron chi connectivity index (χ0n) is 13.2. The fourth-order valence-electron chi connectivity index (χ4n) is 1.76. The van der Waals surface area contributed by atoms with Gasteiger partial charge in [-0.15, -0.1) is 0 Å². The Balaban J connectivity index is 3.01. The summed E-state index contributed by atoms with van der Waals surface area (Å²) in [5, 5.41) is 2.58. The van der Waals surface area contributed by atoms with E-state index in [1.807, 2.05) is 0 Å². The molecule has 23 heavy (non-hydrogen) atoms. The summed E-state index contributed by atoms with van der Waals surface area (Å²) in [6, 6.07) is 3.40. The van der Waals surface area contributed by atoms with Gasteiger partial charge in [-0.25, -0.2) is 8.42 Å². The first-order chi connectivity index (χ1) is 10.2. The Kier molecular flexibility index (Phi) is 5.48. The molecule has 0 aliphatic rings. The van der Waals surface area contributed by atoms with E-state index in [2.05, 4.69) is 5.32 Å². The Morgan fingerprint density at radius 1 is 1.22 bits per heavy atom. The molecule has 0 bridgehead atoms. The summed E-state index contributed by atoms with van der Waals surface area (Å²) in [5.74, 6) is -0.546.